The lowest BCUT2D eigenvalue weighted by molar-refractivity contribution is 0.0994. The predicted molar refractivity (Wildman–Crippen MR) is 80.4 cm³/mol. The zero-order valence-corrected chi connectivity index (χ0v) is 12.6. The van der Waals surface area contributed by atoms with Gasteiger partial charge in [-0.2, -0.15) is 0 Å². The highest BCUT2D eigenvalue weighted by molar-refractivity contribution is 5.27. The summed E-state index contributed by atoms with van der Waals surface area (Å²) in [6.07, 6.45) is 5.69. The van der Waals surface area contributed by atoms with Gasteiger partial charge in [-0.15, -0.1) is 0 Å². The highest BCUT2D eigenvalue weighted by atomic mass is 19.1. The summed E-state index contributed by atoms with van der Waals surface area (Å²) in [6, 6.07) is 5.48. The first-order valence-electron chi connectivity index (χ1n) is 7.81. The van der Waals surface area contributed by atoms with E-state index in [9.17, 15) is 4.39 Å². The van der Waals surface area contributed by atoms with Crippen LogP contribution in [0.4, 0.5) is 4.39 Å². The van der Waals surface area contributed by atoms with Gasteiger partial charge in [-0.05, 0) is 51.6 Å². The van der Waals surface area contributed by atoms with Gasteiger partial charge in [0.25, 0.3) is 0 Å². The Kier molecular flexibility index (Phi) is 5.99. The first-order chi connectivity index (χ1) is 9.70. The van der Waals surface area contributed by atoms with Crippen molar-refractivity contribution >= 4 is 0 Å². The van der Waals surface area contributed by atoms with Crippen LogP contribution in [0.3, 0.4) is 0 Å². The second-order valence-corrected chi connectivity index (χ2v) is 5.74. The van der Waals surface area contributed by atoms with Crippen LogP contribution in [0.1, 0.15) is 56.2 Å². The van der Waals surface area contributed by atoms with Gasteiger partial charge in [0.15, 0.2) is 0 Å². The largest absolute Gasteiger partial charge is 0.378 e. The Balaban J connectivity index is 2.02. The molecule has 1 heterocycles. The summed E-state index contributed by atoms with van der Waals surface area (Å²) < 4.78 is 19.8. The van der Waals surface area contributed by atoms with Crippen molar-refractivity contribution in [3.05, 3.63) is 35.1 Å². The second kappa shape index (κ2) is 7.75. The van der Waals surface area contributed by atoms with E-state index < -0.39 is 0 Å². The SMILES string of the molecule is CCCNC(CCC1CCCO1)c1cc(C)ccc1F. The summed E-state index contributed by atoms with van der Waals surface area (Å²) in [5, 5.41) is 3.48. The number of hydrogen-bond acceptors (Lipinski definition) is 2. The van der Waals surface area contributed by atoms with Gasteiger partial charge in [0.1, 0.15) is 5.82 Å². The van der Waals surface area contributed by atoms with Crippen LogP contribution in [0.5, 0.6) is 0 Å². The molecule has 2 rings (SSSR count). The molecule has 1 saturated heterocycles. The fraction of sp³-hybridized carbons (Fsp3) is 0.647. The molecular weight excluding hydrogens is 253 g/mol. The number of benzene rings is 1. The molecule has 1 fully saturated rings. The summed E-state index contributed by atoms with van der Waals surface area (Å²) in [7, 11) is 0. The van der Waals surface area contributed by atoms with Crippen molar-refractivity contribution < 1.29 is 9.13 Å². The molecule has 0 aliphatic carbocycles. The van der Waals surface area contributed by atoms with Crippen molar-refractivity contribution in [1.82, 2.24) is 5.32 Å². The molecule has 1 N–H and O–H groups in total. The monoisotopic (exact) mass is 279 g/mol. The fourth-order valence-corrected chi connectivity index (χ4v) is 2.84. The van der Waals surface area contributed by atoms with Gasteiger partial charge in [0, 0.05) is 18.2 Å². The number of ether oxygens (including phenoxy) is 1. The van der Waals surface area contributed by atoms with Gasteiger partial charge in [0.05, 0.1) is 6.10 Å². The van der Waals surface area contributed by atoms with Crippen LogP contribution in [0.15, 0.2) is 18.2 Å². The molecule has 1 aliphatic rings. The summed E-state index contributed by atoms with van der Waals surface area (Å²) in [4.78, 5) is 0. The number of halogens is 1. The third kappa shape index (κ3) is 4.29. The Hall–Kier alpha value is -0.930. The van der Waals surface area contributed by atoms with Crippen LogP contribution >= 0.6 is 0 Å². The normalized spacial score (nSPS) is 20.2. The Labute approximate surface area is 121 Å². The number of aryl methyl sites for hydroxylation is 1. The molecule has 0 aromatic heterocycles. The molecular formula is C17H26FNO. The molecule has 1 aromatic carbocycles. The van der Waals surface area contributed by atoms with Crippen LogP contribution in [-0.2, 0) is 4.74 Å². The van der Waals surface area contributed by atoms with Crippen LogP contribution in [0.2, 0.25) is 0 Å². The summed E-state index contributed by atoms with van der Waals surface area (Å²) in [5.41, 5.74) is 1.92. The third-order valence-corrected chi connectivity index (χ3v) is 3.97. The minimum atomic E-state index is -0.100. The van der Waals surface area contributed by atoms with Gasteiger partial charge in [-0.1, -0.05) is 24.6 Å². The maximum Gasteiger partial charge on any atom is 0.127 e. The topological polar surface area (TPSA) is 21.3 Å². The maximum absolute atomic E-state index is 14.1. The molecule has 2 nitrogen and oxygen atoms in total. The Morgan fingerprint density at radius 3 is 3.00 bits per heavy atom. The van der Waals surface area contributed by atoms with E-state index in [1.54, 1.807) is 6.07 Å². The van der Waals surface area contributed by atoms with E-state index in [-0.39, 0.29) is 11.9 Å². The first-order valence-corrected chi connectivity index (χ1v) is 7.81. The van der Waals surface area contributed by atoms with Crippen LogP contribution in [-0.4, -0.2) is 19.3 Å². The van der Waals surface area contributed by atoms with Gasteiger partial charge in [-0.25, -0.2) is 4.39 Å². The van der Waals surface area contributed by atoms with Gasteiger partial charge >= 0.3 is 0 Å². The average molecular weight is 279 g/mol. The first kappa shape index (κ1) is 15.5. The molecule has 0 radical (unpaired) electrons. The molecule has 112 valence electrons. The number of nitrogens with one attached hydrogen (secondary N) is 1. The van der Waals surface area contributed by atoms with E-state index in [4.69, 9.17) is 4.74 Å². The van der Waals surface area contributed by atoms with E-state index >= 15 is 0 Å². The molecule has 0 spiro atoms. The van der Waals surface area contributed by atoms with E-state index in [1.165, 1.54) is 0 Å². The van der Waals surface area contributed by atoms with Crippen molar-refractivity contribution in [1.29, 1.82) is 0 Å². The Bertz CT molecular complexity index is 415. The van der Waals surface area contributed by atoms with Gasteiger partial charge in [-0.3, -0.25) is 0 Å². The highest BCUT2D eigenvalue weighted by Gasteiger charge is 2.20. The molecule has 1 aromatic rings. The van der Waals surface area contributed by atoms with E-state index in [0.29, 0.717) is 6.10 Å². The minimum absolute atomic E-state index is 0.0963. The van der Waals surface area contributed by atoms with E-state index in [0.717, 1.165) is 56.4 Å². The van der Waals surface area contributed by atoms with Crippen molar-refractivity contribution in [3.8, 4) is 0 Å². The zero-order chi connectivity index (χ0) is 14.4. The van der Waals surface area contributed by atoms with Crippen molar-refractivity contribution in [3.63, 3.8) is 0 Å². The molecule has 0 saturated carbocycles. The molecule has 20 heavy (non-hydrogen) atoms. The van der Waals surface area contributed by atoms with Crippen molar-refractivity contribution in [2.24, 2.45) is 0 Å². The Morgan fingerprint density at radius 1 is 1.45 bits per heavy atom. The Morgan fingerprint density at radius 2 is 2.30 bits per heavy atom. The minimum Gasteiger partial charge on any atom is -0.378 e. The summed E-state index contributed by atoms with van der Waals surface area (Å²) in [6.45, 7) is 5.96. The maximum atomic E-state index is 14.1. The summed E-state index contributed by atoms with van der Waals surface area (Å²) >= 11 is 0. The number of rotatable bonds is 7. The van der Waals surface area contributed by atoms with Crippen LogP contribution < -0.4 is 5.32 Å². The van der Waals surface area contributed by atoms with E-state index in [1.807, 2.05) is 19.1 Å². The molecule has 3 heteroatoms. The molecule has 0 amide bonds. The third-order valence-electron chi connectivity index (χ3n) is 3.97. The predicted octanol–water partition coefficient (Wildman–Crippen LogP) is 4.13. The van der Waals surface area contributed by atoms with Crippen molar-refractivity contribution in [2.45, 2.75) is 58.1 Å². The lowest BCUT2D eigenvalue weighted by Gasteiger charge is -2.21. The smallest absolute Gasteiger partial charge is 0.127 e. The van der Waals surface area contributed by atoms with Crippen LogP contribution in [0.25, 0.3) is 0 Å². The number of hydrogen-bond donors (Lipinski definition) is 1. The fourth-order valence-electron chi connectivity index (χ4n) is 2.84. The standard InChI is InChI=1S/C17H26FNO/c1-3-10-19-17(9-7-14-5-4-11-20-14)15-12-13(2)6-8-16(15)18/h6,8,12,14,17,19H,3-5,7,9-11H2,1-2H3. The highest BCUT2D eigenvalue weighted by Crippen LogP contribution is 2.26. The summed E-state index contributed by atoms with van der Waals surface area (Å²) in [5.74, 6) is -0.100. The van der Waals surface area contributed by atoms with Crippen LogP contribution in [0, 0.1) is 12.7 Å². The van der Waals surface area contributed by atoms with Crippen molar-refractivity contribution in [2.75, 3.05) is 13.2 Å². The quantitative estimate of drug-likeness (QED) is 0.810. The molecule has 1 aliphatic heterocycles. The molecule has 0 bridgehead atoms. The second-order valence-electron chi connectivity index (χ2n) is 5.74. The lowest BCUT2D eigenvalue weighted by atomic mass is 9.97. The van der Waals surface area contributed by atoms with E-state index in [2.05, 4.69) is 12.2 Å². The van der Waals surface area contributed by atoms with Gasteiger partial charge in [0.2, 0.25) is 0 Å². The zero-order valence-electron chi connectivity index (χ0n) is 12.6. The molecule has 2 unspecified atom stereocenters. The van der Waals surface area contributed by atoms with Gasteiger partial charge < -0.3 is 10.1 Å². The lowest BCUT2D eigenvalue weighted by Crippen LogP contribution is -2.24. The average Bonchev–Trinajstić information content (AvgIpc) is 2.95. The molecule has 2 atom stereocenters.